The number of ether oxygens (including phenoxy) is 2. The highest BCUT2D eigenvalue weighted by Crippen LogP contribution is 2.17. The van der Waals surface area contributed by atoms with Gasteiger partial charge in [-0.2, -0.15) is 0 Å². The predicted molar refractivity (Wildman–Crippen MR) is 93.7 cm³/mol. The van der Waals surface area contributed by atoms with Gasteiger partial charge < -0.3 is 19.5 Å². The molecule has 0 unspecified atom stereocenters. The fourth-order valence-electron chi connectivity index (χ4n) is 3.52. The van der Waals surface area contributed by atoms with Crippen molar-refractivity contribution >= 4 is 0 Å². The molecule has 3 rings (SSSR count). The van der Waals surface area contributed by atoms with E-state index in [1.165, 1.54) is 5.56 Å². The number of aliphatic hydroxyl groups excluding tert-OH is 1. The van der Waals surface area contributed by atoms with Crippen LogP contribution >= 0.6 is 0 Å². The van der Waals surface area contributed by atoms with Crippen LogP contribution in [-0.4, -0.2) is 73.7 Å². The first-order valence-corrected chi connectivity index (χ1v) is 9.16. The molecule has 0 aromatic heterocycles. The number of rotatable bonds is 8. The van der Waals surface area contributed by atoms with Gasteiger partial charge in [0.05, 0.1) is 13.2 Å². The highest BCUT2D eigenvalue weighted by Gasteiger charge is 2.22. The zero-order chi connectivity index (χ0) is 16.6. The van der Waals surface area contributed by atoms with E-state index in [-0.39, 0.29) is 12.9 Å². The molecule has 0 saturated carbocycles. The standard InChI is InChI=1S/C19H30N2O3/c22-16-18(6-7-19-23-12-13-24-19)15-21-10-8-20(9-11-21)14-17-4-2-1-3-5-17/h1-5,18-19,22H,6-16H2/t18-/m1/s1. The van der Waals surface area contributed by atoms with Crippen LogP contribution in [0.3, 0.4) is 0 Å². The van der Waals surface area contributed by atoms with Gasteiger partial charge in [0, 0.05) is 45.9 Å². The van der Waals surface area contributed by atoms with E-state index in [1.54, 1.807) is 0 Å². The Morgan fingerprint density at radius 1 is 1.00 bits per heavy atom. The third kappa shape index (κ3) is 5.53. The van der Waals surface area contributed by atoms with Crippen molar-refractivity contribution < 1.29 is 14.6 Å². The molecule has 0 bridgehead atoms. The van der Waals surface area contributed by atoms with E-state index < -0.39 is 0 Å². The van der Waals surface area contributed by atoms with Gasteiger partial charge in [-0.25, -0.2) is 0 Å². The van der Waals surface area contributed by atoms with Crippen LogP contribution in [0, 0.1) is 5.92 Å². The maximum Gasteiger partial charge on any atom is 0.157 e. The van der Waals surface area contributed by atoms with Gasteiger partial charge in [0.25, 0.3) is 0 Å². The van der Waals surface area contributed by atoms with Gasteiger partial charge in [-0.05, 0) is 24.3 Å². The van der Waals surface area contributed by atoms with Gasteiger partial charge in [0.15, 0.2) is 6.29 Å². The Bertz CT molecular complexity index is 457. The van der Waals surface area contributed by atoms with Gasteiger partial charge in [0.2, 0.25) is 0 Å². The first-order valence-electron chi connectivity index (χ1n) is 9.16. The molecule has 0 spiro atoms. The molecule has 1 atom stereocenters. The highest BCUT2D eigenvalue weighted by atomic mass is 16.7. The number of hydrogen-bond donors (Lipinski definition) is 1. The first kappa shape index (κ1) is 17.8. The van der Waals surface area contributed by atoms with Crippen molar-refractivity contribution in [1.82, 2.24) is 9.80 Å². The number of nitrogens with zero attached hydrogens (tertiary/aromatic N) is 2. The molecular formula is C19H30N2O3. The molecule has 2 aliphatic heterocycles. The summed E-state index contributed by atoms with van der Waals surface area (Å²) >= 11 is 0. The smallest absolute Gasteiger partial charge is 0.157 e. The summed E-state index contributed by atoms with van der Waals surface area (Å²) < 4.78 is 11.0. The van der Waals surface area contributed by atoms with Crippen molar-refractivity contribution in [3.63, 3.8) is 0 Å². The molecular weight excluding hydrogens is 304 g/mol. The van der Waals surface area contributed by atoms with E-state index in [0.717, 1.165) is 52.1 Å². The second-order valence-electron chi connectivity index (χ2n) is 6.86. The second-order valence-corrected chi connectivity index (χ2v) is 6.86. The molecule has 2 heterocycles. The minimum absolute atomic E-state index is 0.0539. The summed E-state index contributed by atoms with van der Waals surface area (Å²) in [7, 11) is 0. The lowest BCUT2D eigenvalue weighted by atomic mass is 10.0. The Morgan fingerprint density at radius 2 is 1.67 bits per heavy atom. The molecule has 0 amide bonds. The molecule has 2 aliphatic rings. The highest BCUT2D eigenvalue weighted by molar-refractivity contribution is 5.14. The fourth-order valence-corrected chi connectivity index (χ4v) is 3.52. The van der Waals surface area contributed by atoms with Gasteiger partial charge in [0.1, 0.15) is 0 Å². The number of aliphatic hydroxyl groups is 1. The molecule has 24 heavy (non-hydrogen) atoms. The van der Waals surface area contributed by atoms with Crippen molar-refractivity contribution in [2.24, 2.45) is 5.92 Å². The molecule has 1 N–H and O–H groups in total. The van der Waals surface area contributed by atoms with E-state index in [1.807, 2.05) is 0 Å². The van der Waals surface area contributed by atoms with Crippen LogP contribution in [0.15, 0.2) is 30.3 Å². The van der Waals surface area contributed by atoms with Crippen LogP contribution in [0.25, 0.3) is 0 Å². The van der Waals surface area contributed by atoms with Crippen LogP contribution < -0.4 is 0 Å². The molecule has 1 aromatic carbocycles. The summed E-state index contributed by atoms with van der Waals surface area (Å²) in [5.74, 6) is 0.318. The van der Waals surface area contributed by atoms with E-state index in [4.69, 9.17) is 9.47 Å². The zero-order valence-corrected chi connectivity index (χ0v) is 14.5. The molecule has 134 valence electrons. The van der Waals surface area contributed by atoms with Crippen LogP contribution in [0.4, 0.5) is 0 Å². The quantitative estimate of drug-likeness (QED) is 0.782. The van der Waals surface area contributed by atoms with Crippen molar-refractivity contribution in [3.8, 4) is 0 Å². The molecule has 5 heteroatoms. The summed E-state index contributed by atoms with van der Waals surface area (Å²) in [5.41, 5.74) is 1.38. The topological polar surface area (TPSA) is 45.2 Å². The predicted octanol–water partition coefficient (Wildman–Crippen LogP) is 1.57. The summed E-state index contributed by atoms with van der Waals surface area (Å²) in [5, 5.41) is 9.66. The van der Waals surface area contributed by atoms with Crippen LogP contribution in [-0.2, 0) is 16.0 Å². The van der Waals surface area contributed by atoms with Gasteiger partial charge in [-0.3, -0.25) is 4.90 Å². The molecule has 0 radical (unpaired) electrons. The second kappa shape index (κ2) is 9.49. The first-order chi connectivity index (χ1) is 11.8. The van der Waals surface area contributed by atoms with Crippen molar-refractivity contribution in [2.45, 2.75) is 25.7 Å². The number of piperazine rings is 1. The fraction of sp³-hybridized carbons (Fsp3) is 0.684. The minimum atomic E-state index is -0.0539. The molecule has 5 nitrogen and oxygen atoms in total. The zero-order valence-electron chi connectivity index (χ0n) is 14.5. The van der Waals surface area contributed by atoms with Gasteiger partial charge >= 0.3 is 0 Å². The van der Waals surface area contributed by atoms with Crippen molar-refractivity contribution in [3.05, 3.63) is 35.9 Å². The lowest BCUT2D eigenvalue weighted by molar-refractivity contribution is -0.0523. The van der Waals surface area contributed by atoms with Crippen molar-refractivity contribution in [2.75, 3.05) is 52.5 Å². The van der Waals surface area contributed by atoms with E-state index in [0.29, 0.717) is 19.1 Å². The molecule has 2 saturated heterocycles. The Labute approximate surface area is 145 Å². The monoisotopic (exact) mass is 334 g/mol. The summed E-state index contributed by atoms with van der Waals surface area (Å²) in [6, 6.07) is 10.7. The Balaban J connectivity index is 1.35. The van der Waals surface area contributed by atoms with Crippen LogP contribution in [0.5, 0.6) is 0 Å². The van der Waals surface area contributed by atoms with Crippen LogP contribution in [0.2, 0.25) is 0 Å². The summed E-state index contributed by atoms with van der Waals surface area (Å²) in [6.07, 6.45) is 1.80. The third-order valence-corrected chi connectivity index (χ3v) is 4.99. The minimum Gasteiger partial charge on any atom is -0.396 e. The van der Waals surface area contributed by atoms with Crippen molar-refractivity contribution in [1.29, 1.82) is 0 Å². The maximum atomic E-state index is 9.66. The largest absolute Gasteiger partial charge is 0.396 e. The van der Waals surface area contributed by atoms with E-state index >= 15 is 0 Å². The van der Waals surface area contributed by atoms with E-state index in [2.05, 4.69) is 40.1 Å². The Morgan fingerprint density at radius 3 is 2.33 bits per heavy atom. The average molecular weight is 334 g/mol. The van der Waals surface area contributed by atoms with E-state index in [9.17, 15) is 5.11 Å². The lowest BCUT2D eigenvalue weighted by Crippen LogP contribution is -2.47. The Kier molecular flexibility index (Phi) is 7.05. The molecule has 2 fully saturated rings. The third-order valence-electron chi connectivity index (χ3n) is 4.99. The lowest BCUT2D eigenvalue weighted by Gasteiger charge is -2.36. The molecule has 1 aromatic rings. The average Bonchev–Trinajstić information content (AvgIpc) is 3.14. The summed E-state index contributed by atoms with van der Waals surface area (Å²) in [6.45, 7) is 8.03. The van der Waals surface area contributed by atoms with Gasteiger partial charge in [-0.1, -0.05) is 30.3 Å². The maximum absolute atomic E-state index is 9.66. The van der Waals surface area contributed by atoms with Crippen LogP contribution in [0.1, 0.15) is 18.4 Å². The normalized spacial score (nSPS) is 22.0. The SMILES string of the molecule is OC[C@H](CCC1OCCO1)CN1CCN(Cc2ccccc2)CC1. The number of benzene rings is 1. The summed E-state index contributed by atoms with van der Waals surface area (Å²) in [4.78, 5) is 5.00. The Hall–Kier alpha value is -0.980. The van der Waals surface area contributed by atoms with Gasteiger partial charge in [-0.15, -0.1) is 0 Å². The molecule has 0 aliphatic carbocycles. The number of hydrogen-bond acceptors (Lipinski definition) is 5.